The summed E-state index contributed by atoms with van der Waals surface area (Å²) in [4.78, 5) is 23.3. The van der Waals surface area contributed by atoms with Gasteiger partial charge in [0, 0.05) is 0 Å². The Balaban J connectivity index is 4.20. The van der Waals surface area contributed by atoms with Gasteiger partial charge >= 0.3 is 11.9 Å². The van der Waals surface area contributed by atoms with Crippen molar-refractivity contribution in [2.45, 2.75) is 41.0 Å². The highest BCUT2D eigenvalue weighted by Gasteiger charge is 2.28. The van der Waals surface area contributed by atoms with E-state index in [9.17, 15) is 9.59 Å². The van der Waals surface area contributed by atoms with Gasteiger partial charge in [0.1, 0.15) is 0 Å². The van der Waals surface area contributed by atoms with E-state index < -0.39 is 17.9 Å². The van der Waals surface area contributed by atoms with E-state index in [-0.39, 0.29) is 11.8 Å². The van der Waals surface area contributed by atoms with Crippen molar-refractivity contribution in [1.29, 1.82) is 0 Å². The highest BCUT2D eigenvalue weighted by Crippen LogP contribution is 2.10. The van der Waals surface area contributed by atoms with Crippen LogP contribution in [0.15, 0.2) is 0 Å². The summed E-state index contributed by atoms with van der Waals surface area (Å²) in [5.41, 5.74) is 0. The molecule has 4 nitrogen and oxygen atoms in total. The lowest BCUT2D eigenvalue weighted by molar-refractivity contribution is -0.163. The Labute approximate surface area is 104 Å². The number of rotatable bonds is 7. The van der Waals surface area contributed by atoms with Crippen LogP contribution in [0.25, 0.3) is 0 Å². The monoisotopic (exact) mass is 244 g/mol. The topological polar surface area (TPSA) is 52.6 Å². The van der Waals surface area contributed by atoms with E-state index >= 15 is 0 Å². The minimum atomic E-state index is -0.785. The van der Waals surface area contributed by atoms with Crippen LogP contribution in [-0.4, -0.2) is 25.2 Å². The molecular weight excluding hydrogens is 220 g/mol. The van der Waals surface area contributed by atoms with Crippen LogP contribution >= 0.6 is 0 Å². The van der Waals surface area contributed by atoms with E-state index in [0.29, 0.717) is 19.6 Å². The molecule has 0 fully saturated rings. The smallest absolute Gasteiger partial charge is 0.320 e. The van der Waals surface area contributed by atoms with Gasteiger partial charge in [-0.2, -0.15) is 0 Å². The van der Waals surface area contributed by atoms with Gasteiger partial charge in [-0.25, -0.2) is 0 Å². The zero-order valence-electron chi connectivity index (χ0n) is 11.5. The zero-order chi connectivity index (χ0) is 13.4. The van der Waals surface area contributed by atoms with Gasteiger partial charge in [0.15, 0.2) is 5.92 Å². The van der Waals surface area contributed by atoms with Gasteiger partial charge in [0.2, 0.25) is 0 Å². The molecule has 0 radical (unpaired) electrons. The normalized spacial score (nSPS) is 11.1. The summed E-state index contributed by atoms with van der Waals surface area (Å²) in [5.74, 6) is -1.20. The number of ether oxygens (including phenoxy) is 2. The van der Waals surface area contributed by atoms with Crippen LogP contribution in [0.4, 0.5) is 0 Å². The predicted octanol–water partition coefficient (Wildman–Crippen LogP) is 2.41. The molecular formula is C13H24O4. The van der Waals surface area contributed by atoms with Gasteiger partial charge in [-0.05, 0) is 18.3 Å². The molecule has 0 saturated heterocycles. The zero-order valence-corrected chi connectivity index (χ0v) is 11.5. The van der Waals surface area contributed by atoms with Gasteiger partial charge in [-0.1, -0.05) is 34.6 Å². The molecule has 0 spiro atoms. The third-order valence-electron chi connectivity index (χ3n) is 2.10. The largest absolute Gasteiger partial charge is 0.465 e. The van der Waals surface area contributed by atoms with Crippen LogP contribution in [0.2, 0.25) is 0 Å². The Hall–Kier alpha value is -1.06. The molecule has 0 amide bonds. The van der Waals surface area contributed by atoms with Gasteiger partial charge in [-0.15, -0.1) is 0 Å². The first-order valence-corrected chi connectivity index (χ1v) is 6.21. The van der Waals surface area contributed by atoms with Crippen molar-refractivity contribution in [3.8, 4) is 0 Å². The molecule has 100 valence electrons. The summed E-state index contributed by atoms with van der Waals surface area (Å²) in [6, 6.07) is 0. The fraction of sp³-hybridized carbons (Fsp3) is 0.846. The first-order chi connectivity index (χ1) is 7.88. The molecule has 0 atom stereocenters. The lowest BCUT2D eigenvalue weighted by Gasteiger charge is -2.15. The van der Waals surface area contributed by atoms with Gasteiger partial charge < -0.3 is 9.47 Å². The average Bonchev–Trinajstić information content (AvgIpc) is 2.24. The third-order valence-corrected chi connectivity index (χ3v) is 2.10. The van der Waals surface area contributed by atoms with Crippen molar-refractivity contribution in [1.82, 2.24) is 0 Å². The van der Waals surface area contributed by atoms with Crippen LogP contribution < -0.4 is 0 Å². The maximum Gasteiger partial charge on any atom is 0.320 e. The first-order valence-electron chi connectivity index (χ1n) is 6.21. The molecule has 0 bridgehead atoms. The number of hydrogen-bond donors (Lipinski definition) is 0. The van der Waals surface area contributed by atoms with E-state index in [0.717, 1.165) is 0 Å². The summed E-state index contributed by atoms with van der Waals surface area (Å²) in [5, 5.41) is 0. The molecule has 0 rings (SSSR count). The SMILES string of the molecule is CCC(C(=O)OCC(C)C)C(=O)OCC(C)C. The highest BCUT2D eigenvalue weighted by molar-refractivity contribution is 5.94. The molecule has 0 N–H and O–H groups in total. The minimum absolute atomic E-state index is 0.267. The Bertz CT molecular complexity index is 222. The molecule has 0 aromatic heterocycles. The van der Waals surface area contributed by atoms with E-state index in [1.807, 2.05) is 27.7 Å². The molecule has 0 saturated carbocycles. The fourth-order valence-electron chi connectivity index (χ4n) is 1.13. The number of esters is 2. The second-order valence-corrected chi connectivity index (χ2v) is 5.01. The Morgan fingerprint density at radius 2 is 1.24 bits per heavy atom. The fourth-order valence-corrected chi connectivity index (χ4v) is 1.13. The van der Waals surface area contributed by atoms with Crippen molar-refractivity contribution in [3.05, 3.63) is 0 Å². The van der Waals surface area contributed by atoms with Crippen LogP contribution in [0.5, 0.6) is 0 Å². The third kappa shape index (κ3) is 6.97. The molecule has 0 unspecified atom stereocenters. The maximum absolute atomic E-state index is 11.6. The average molecular weight is 244 g/mol. The molecule has 4 heteroatoms. The predicted molar refractivity (Wildman–Crippen MR) is 65.4 cm³/mol. The van der Waals surface area contributed by atoms with Gasteiger partial charge in [-0.3, -0.25) is 9.59 Å². The number of carbonyl (C=O) groups excluding carboxylic acids is 2. The molecule has 0 aromatic carbocycles. The van der Waals surface area contributed by atoms with E-state index in [4.69, 9.17) is 9.47 Å². The summed E-state index contributed by atoms with van der Waals surface area (Å²) in [6.45, 7) is 10.3. The second kappa shape index (κ2) is 8.09. The summed E-state index contributed by atoms with van der Waals surface area (Å²) < 4.78 is 10.1. The molecule has 0 aliphatic heterocycles. The van der Waals surface area contributed by atoms with Gasteiger partial charge in [0.05, 0.1) is 13.2 Å². The quantitative estimate of drug-likeness (QED) is 0.510. The maximum atomic E-state index is 11.6. The minimum Gasteiger partial charge on any atom is -0.465 e. The van der Waals surface area contributed by atoms with E-state index in [1.54, 1.807) is 6.92 Å². The standard InChI is InChI=1S/C13H24O4/c1-6-11(12(14)16-7-9(2)3)13(15)17-8-10(4)5/h9-11H,6-8H2,1-5H3. The Morgan fingerprint density at radius 1 is 0.882 bits per heavy atom. The molecule has 0 aromatic rings. The summed E-state index contributed by atoms with van der Waals surface area (Å²) in [7, 11) is 0. The number of carbonyl (C=O) groups is 2. The molecule has 17 heavy (non-hydrogen) atoms. The Kier molecular flexibility index (Phi) is 7.59. The molecule has 0 aliphatic carbocycles. The van der Waals surface area contributed by atoms with Crippen LogP contribution in [0.1, 0.15) is 41.0 Å². The van der Waals surface area contributed by atoms with Crippen molar-refractivity contribution >= 4 is 11.9 Å². The molecule has 0 aliphatic rings. The lowest BCUT2D eigenvalue weighted by atomic mass is 10.1. The molecule has 0 heterocycles. The summed E-state index contributed by atoms with van der Waals surface area (Å²) >= 11 is 0. The van der Waals surface area contributed by atoms with Crippen LogP contribution in [0.3, 0.4) is 0 Å². The summed E-state index contributed by atoms with van der Waals surface area (Å²) in [6.07, 6.45) is 0.411. The first kappa shape index (κ1) is 15.9. The lowest BCUT2D eigenvalue weighted by Crippen LogP contribution is -2.29. The van der Waals surface area contributed by atoms with Crippen molar-refractivity contribution < 1.29 is 19.1 Å². The Morgan fingerprint density at radius 3 is 1.47 bits per heavy atom. The van der Waals surface area contributed by atoms with Crippen molar-refractivity contribution in [2.24, 2.45) is 17.8 Å². The number of hydrogen-bond acceptors (Lipinski definition) is 4. The van der Waals surface area contributed by atoms with Crippen molar-refractivity contribution in [2.75, 3.05) is 13.2 Å². The van der Waals surface area contributed by atoms with Crippen LogP contribution in [-0.2, 0) is 19.1 Å². The van der Waals surface area contributed by atoms with E-state index in [2.05, 4.69) is 0 Å². The highest BCUT2D eigenvalue weighted by atomic mass is 16.6. The van der Waals surface area contributed by atoms with Crippen molar-refractivity contribution in [3.63, 3.8) is 0 Å². The second-order valence-electron chi connectivity index (χ2n) is 5.01. The van der Waals surface area contributed by atoms with Crippen LogP contribution in [0, 0.1) is 17.8 Å². The van der Waals surface area contributed by atoms with E-state index in [1.165, 1.54) is 0 Å². The van der Waals surface area contributed by atoms with Gasteiger partial charge in [0.25, 0.3) is 0 Å².